The van der Waals surface area contributed by atoms with Crippen molar-refractivity contribution < 1.29 is 12.8 Å². The lowest BCUT2D eigenvalue weighted by Crippen LogP contribution is -2.21. The van der Waals surface area contributed by atoms with Gasteiger partial charge in [-0.2, -0.15) is 5.10 Å². The molecule has 3 aromatic carbocycles. The number of halogens is 1. The average molecular weight is 513 g/mol. The van der Waals surface area contributed by atoms with E-state index in [-0.39, 0.29) is 6.54 Å². The van der Waals surface area contributed by atoms with Crippen molar-refractivity contribution in [2.75, 3.05) is 6.26 Å². The second-order valence-electron chi connectivity index (χ2n) is 8.85. The largest absolute Gasteiger partial charge is 0.353 e. The van der Waals surface area contributed by atoms with Gasteiger partial charge in [0.25, 0.3) is 0 Å². The Morgan fingerprint density at radius 2 is 1.73 bits per heavy atom. The van der Waals surface area contributed by atoms with E-state index in [0.717, 1.165) is 56.1 Å². The summed E-state index contributed by atoms with van der Waals surface area (Å²) in [6, 6.07) is 18.3. The number of aromatic amines is 2. The molecule has 184 valence electrons. The fraction of sp³-hybridized carbons (Fsp3) is 0.0741. The minimum Gasteiger partial charge on any atom is -0.353 e. The summed E-state index contributed by atoms with van der Waals surface area (Å²) < 4.78 is 39.9. The van der Waals surface area contributed by atoms with Crippen LogP contribution in [-0.4, -0.2) is 39.8 Å². The number of hydrogen-bond donors (Lipinski definition) is 3. The maximum Gasteiger partial charge on any atom is 0.209 e. The van der Waals surface area contributed by atoms with E-state index in [4.69, 9.17) is 0 Å². The van der Waals surface area contributed by atoms with Crippen molar-refractivity contribution in [3.8, 4) is 33.6 Å². The number of H-pyrrole nitrogens is 2. The van der Waals surface area contributed by atoms with Crippen molar-refractivity contribution in [3.63, 3.8) is 0 Å². The average Bonchev–Trinajstić information content (AvgIpc) is 3.51. The molecule has 0 spiro atoms. The molecule has 0 saturated heterocycles. The second-order valence-corrected chi connectivity index (χ2v) is 10.7. The fourth-order valence-electron chi connectivity index (χ4n) is 4.50. The third-order valence-corrected chi connectivity index (χ3v) is 6.85. The van der Waals surface area contributed by atoms with Gasteiger partial charge in [0.05, 0.1) is 17.5 Å². The van der Waals surface area contributed by atoms with Gasteiger partial charge in [0.1, 0.15) is 17.8 Å². The van der Waals surface area contributed by atoms with Crippen LogP contribution in [0.5, 0.6) is 0 Å². The molecule has 37 heavy (non-hydrogen) atoms. The summed E-state index contributed by atoms with van der Waals surface area (Å²) in [5.41, 5.74) is 7.22. The van der Waals surface area contributed by atoms with Crippen LogP contribution in [-0.2, 0) is 16.6 Å². The van der Waals surface area contributed by atoms with E-state index in [2.05, 4.69) is 29.9 Å². The van der Waals surface area contributed by atoms with E-state index in [1.165, 1.54) is 18.5 Å². The van der Waals surface area contributed by atoms with Gasteiger partial charge >= 0.3 is 0 Å². The van der Waals surface area contributed by atoms with Gasteiger partial charge in [-0.3, -0.25) is 5.10 Å². The van der Waals surface area contributed by atoms with E-state index in [1.54, 1.807) is 18.5 Å². The maximum atomic E-state index is 14.5. The van der Waals surface area contributed by atoms with Crippen LogP contribution >= 0.6 is 0 Å². The molecule has 0 atom stereocenters. The zero-order chi connectivity index (χ0) is 25.6. The van der Waals surface area contributed by atoms with Crippen LogP contribution in [0.2, 0.25) is 0 Å². The highest BCUT2D eigenvalue weighted by molar-refractivity contribution is 7.88. The van der Waals surface area contributed by atoms with Crippen molar-refractivity contribution in [3.05, 3.63) is 90.8 Å². The highest BCUT2D eigenvalue weighted by Crippen LogP contribution is 2.35. The predicted octanol–water partition coefficient (Wildman–Crippen LogP) is 5.02. The maximum absolute atomic E-state index is 14.5. The number of sulfonamides is 1. The zero-order valence-electron chi connectivity index (χ0n) is 19.7. The van der Waals surface area contributed by atoms with Gasteiger partial charge < -0.3 is 4.98 Å². The molecule has 0 aliphatic heterocycles. The number of nitrogens with zero attached hydrogens (tertiary/aromatic N) is 3. The molecule has 6 aromatic rings. The fourth-order valence-corrected chi connectivity index (χ4v) is 4.93. The monoisotopic (exact) mass is 512 g/mol. The Hall–Kier alpha value is -4.41. The van der Waals surface area contributed by atoms with Crippen LogP contribution < -0.4 is 4.72 Å². The topological polar surface area (TPSA) is 116 Å². The Morgan fingerprint density at radius 1 is 0.892 bits per heavy atom. The molecule has 8 nitrogen and oxygen atoms in total. The molecule has 0 amide bonds. The number of nitrogens with one attached hydrogen (secondary N) is 3. The molecular formula is C27H21FN6O2S. The van der Waals surface area contributed by atoms with E-state index in [1.807, 2.05) is 42.5 Å². The van der Waals surface area contributed by atoms with Crippen molar-refractivity contribution in [2.45, 2.75) is 6.54 Å². The Labute approximate surface area is 211 Å². The van der Waals surface area contributed by atoms with E-state index in [9.17, 15) is 12.8 Å². The Morgan fingerprint density at radius 3 is 2.54 bits per heavy atom. The molecule has 10 heteroatoms. The molecule has 0 unspecified atom stereocenters. The Kier molecular flexibility index (Phi) is 5.54. The normalized spacial score (nSPS) is 11.9. The molecule has 0 radical (unpaired) electrons. The van der Waals surface area contributed by atoms with Crippen molar-refractivity contribution in [1.29, 1.82) is 0 Å². The minimum absolute atomic E-state index is 0.00596. The van der Waals surface area contributed by atoms with Crippen molar-refractivity contribution in [2.24, 2.45) is 0 Å². The number of benzene rings is 3. The van der Waals surface area contributed by atoms with Crippen molar-refractivity contribution in [1.82, 2.24) is 29.9 Å². The lowest BCUT2D eigenvalue weighted by molar-refractivity contribution is 0.586. The van der Waals surface area contributed by atoms with Crippen LogP contribution in [0.1, 0.15) is 5.56 Å². The third kappa shape index (κ3) is 4.59. The lowest BCUT2D eigenvalue weighted by atomic mass is 9.99. The minimum atomic E-state index is -3.40. The zero-order valence-corrected chi connectivity index (χ0v) is 20.5. The summed E-state index contributed by atoms with van der Waals surface area (Å²) in [7, 11) is -3.40. The van der Waals surface area contributed by atoms with Gasteiger partial charge in [-0.05, 0) is 64.7 Å². The molecule has 0 fully saturated rings. The van der Waals surface area contributed by atoms with Crippen LogP contribution in [0.25, 0.3) is 55.4 Å². The molecule has 0 aliphatic carbocycles. The van der Waals surface area contributed by atoms with Gasteiger partial charge in [0.2, 0.25) is 10.0 Å². The first-order valence-corrected chi connectivity index (χ1v) is 13.3. The highest BCUT2D eigenvalue weighted by Gasteiger charge is 2.15. The molecule has 3 heterocycles. The summed E-state index contributed by atoms with van der Waals surface area (Å²) in [6.07, 6.45) is 6.10. The van der Waals surface area contributed by atoms with Gasteiger partial charge in [-0.25, -0.2) is 27.5 Å². The smallest absolute Gasteiger partial charge is 0.209 e. The Balaban J connectivity index is 1.44. The highest BCUT2D eigenvalue weighted by atomic mass is 32.2. The van der Waals surface area contributed by atoms with Crippen molar-refractivity contribution >= 4 is 31.8 Å². The summed E-state index contributed by atoms with van der Waals surface area (Å²) in [5, 5.41) is 9.49. The molecule has 0 bridgehead atoms. The van der Waals surface area contributed by atoms with E-state index in [0.29, 0.717) is 11.1 Å². The van der Waals surface area contributed by atoms with Gasteiger partial charge in [-0.1, -0.05) is 18.2 Å². The third-order valence-electron chi connectivity index (χ3n) is 6.18. The number of fused-ring (bicyclic) bond motifs is 2. The molecule has 0 saturated carbocycles. The van der Waals surface area contributed by atoms with Gasteiger partial charge in [0.15, 0.2) is 0 Å². The lowest BCUT2D eigenvalue weighted by Gasteiger charge is -2.08. The van der Waals surface area contributed by atoms with Crippen LogP contribution in [0, 0.1) is 5.82 Å². The molecule has 3 aromatic heterocycles. The first-order valence-electron chi connectivity index (χ1n) is 11.4. The predicted molar refractivity (Wildman–Crippen MR) is 141 cm³/mol. The first kappa shape index (κ1) is 23.0. The molecule has 0 aliphatic rings. The van der Waals surface area contributed by atoms with Crippen LogP contribution in [0.3, 0.4) is 0 Å². The van der Waals surface area contributed by atoms with Gasteiger partial charge in [0, 0.05) is 40.8 Å². The SMILES string of the molecule is CS(=O)(=O)NCc1cc(F)cc(-c2cccc3[nH]c(-c4n[nH]c5ccc(-c6cncnc6)cc45)cc23)c1. The second kappa shape index (κ2) is 8.91. The number of rotatable bonds is 6. The molecule has 3 N–H and O–H groups in total. The molecule has 6 rings (SSSR count). The van der Waals surface area contributed by atoms with Crippen LogP contribution in [0.4, 0.5) is 4.39 Å². The standard InChI is InChI=1S/C27H21FN6O2S/c1-37(35,36)31-12-16-7-18(9-20(28)8-16)21-3-2-4-24-22(21)11-26(32-24)27-23-10-17(5-6-25(23)33-34-27)19-13-29-15-30-14-19/h2-11,13-15,31-32H,12H2,1H3,(H,33,34). The quantitative estimate of drug-likeness (QED) is 0.290. The van der Waals surface area contributed by atoms with E-state index >= 15 is 0 Å². The summed E-state index contributed by atoms with van der Waals surface area (Å²) in [6.45, 7) is 0.00596. The first-order chi connectivity index (χ1) is 17.8. The summed E-state index contributed by atoms with van der Waals surface area (Å²) in [5.74, 6) is -0.439. The molecular weight excluding hydrogens is 491 g/mol. The summed E-state index contributed by atoms with van der Waals surface area (Å²) in [4.78, 5) is 11.7. The van der Waals surface area contributed by atoms with Crippen LogP contribution in [0.15, 0.2) is 79.4 Å². The number of aromatic nitrogens is 5. The van der Waals surface area contributed by atoms with Gasteiger partial charge in [-0.15, -0.1) is 0 Å². The number of hydrogen-bond acceptors (Lipinski definition) is 5. The van der Waals surface area contributed by atoms with E-state index < -0.39 is 15.8 Å². The summed E-state index contributed by atoms with van der Waals surface area (Å²) >= 11 is 0. The Bertz CT molecular complexity index is 1880.